The summed E-state index contributed by atoms with van der Waals surface area (Å²) in [7, 11) is 0. The lowest BCUT2D eigenvalue weighted by atomic mass is 10.00. The molecule has 1 aromatic heterocycles. The van der Waals surface area contributed by atoms with Gasteiger partial charge in [0.1, 0.15) is 11.6 Å². The van der Waals surface area contributed by atoms with Crippen LogP contribution in [0.4, 0.5) is 11.5 Å². The number of carbonyl (C=O) groups excluding carboxylic acids is 1. The number of rotatable bonds is 5. The molecule has 26 heavy (non-hydrogen) atoms. The summed E-state index contributed by atoms with van der Waals surface area (Å²) in [5.74, 6) is 1.30. The summed E-state index contributed by atoms with van der Waals surface area (Å²) in [6, 6.07) is 8.64. The van der Waals surface area contributed by atoms with Gasteiger partial charge in [0.2, 0.25) is 0 Å². The largest absolute Gasteiger partial charge is 0.482 e. The average molecular weight is 394 g/mol. The van der Waals surface area contributed by atoms with Crippen LogP contribution in [0.1, 0.15) is 19.8 Å². The minimum atomic E-state index is -0.303. The van der Waals surface area contributed by atoms with E-state index >= 15 is 0 Å². The molecular weight excluding hydrogens is 373 g/mol. The molecule has 1 aromatic carbocycles. The molecule has 3 rings (SSSR count). The Morgan fingerprint density at radius 2 is 2.19 bits per heavy atom. The van der Waals surface area contributed by atoms with Crippen molar-refractivity contribution in [3.8, 4) is 5.75 Å². The van der Waals surface area contributed by atoms with Crippen molar-refractivity contribution in [1.29, 1.82) is 0 Å². The fourth-order valence-corrected chi connectivity index (χ4v) is 3.45. The smallest absolute Gasteiger partial charge is 0.263 e. The molecule has 2 heterocycles. The number of anilines is 2. The van der Waals surface area contributed by atoms with E-state index < -0.39 is 0 Å². The van der Waals surface area contributed by atoms with Gasteiger partial charge in [-0.05, 0) is 49.1 Å². The lowest BCUT2D eigenvalue weighted by molar-refractivity contribution is -0.118. The highest BCUT2D eigenvalue weighted by molar-refractivity contribution is 6.35. The second-order valence-corrected chi connectivity index (χ2v) is 7.35. The van der Waals surface area contributed by atoms with E-state index in [4.69, 9.17) is 27.9 Å². The van der Waals surface area contributed by atoms with Gasteiger partial charge in [0.05, 0.1) is 16.9 Å². The van der Waals surface area contributed by atoms with Crippen molar-refractivity contribution in [2.24, 2.45) is 5.92 Å². The van der Waals surface area contributed by atoms with Crippen molar-refractivity contribution in [3.63, 3.8) is 0 Å². The van der Waals surface area contributed by atoms with E-state index in [0.29, 0.717) is 27.5 Å². The van der Waals surface area contributed by atoms with Gasteiger partial charge >= 0.3 is 0 Å². The maximum absolute atomic E-state index is 12.0. The summed E-state index contributed by atoms with van der Waals surface area (Å²) in [4.78, 5) is 18.7. The molecular formula is C19H21Cl2N3O2. The Kier molecular flexibility index (Phi) is 6.22. The maximum atomic E-state index is 12.0. The second-order valence-electron chi connectivity index (χ2n) is 6.51. The van der Waals surface area contributed by atoms with Crippen LogP contribution in [-0.2, 0) is 4.79 Å². The zero-order valence-corrected chi connectivity index (χ0v) is 16.1. The number of pyridine rings is 1. The fourth-order valence-electron chi connectivity index (χ4n) is 2.99. The quantitative estimate of drug-likeness (QED) is 0.803. The van der Waals surface area contributed by atoms with Gasteiger partial charge in [-0.3, -0.25) is 4.79 Å². The summed E-state index contributed by atoms with van der Waals surface area (Å²) in [6.07, 6.45) is 4.27. The van der Waals surface area contributed by atoms with Gasteiger partial charge in [0, 0.05) is 18.1 Å². The molecule has 1 saturated heterocycles. The van der Waals surface area contributed by atoms with Crippen LogP contribution in [-0.4, -0.2) is 30.6 Å². The van der Waals surface area contributed by atoms with Crippen molar-refractivity contribution in [1.82, 2.24) is 4.98 Å². The normalized spacial score (nSPS) is 17.0. The van der Waals surface area contributed by atoms with Crippen molar-refractivity contribution in [3.05, 3.63) is 46.6 Å². The number of nitrogens with zero attached hydrogens (tertiary/aromatic N) is 2. The maximum Gasteiger partial charge on any atom is 0.263 e. The minimum Gasteiger partial charge on any atom is -0.482 e. The molecule has 1 aliphatic rings. The van der Waals surface area contributed by atoms with Crippen LogP contribution in [0.2, 0.25) is 10.0 Å². The number of amides is 1. The summed E-state index contributed by atoms with van der Waals surface area (Å²) in [5, 5.41) is 3.60. The van der Waals surface area contributed by atoms with Gasteiger partial charge in [-0.15, -0.1) is 0 Å². The minimum absolute atomic E-state index is 0.158. The highest BCUT2D eigenvalue weighted by atomic mass is 35.5. The standard InChI is InChI=1S/C19H21Cl2N3O2/c1-13-3-2-8-24(11-13)15-5-7-18(22-10-15)23-19(25)12-26-17-6-4-14(20)9-16(17)21/h4-7,9-10,13H,2-3,8,11-12H2,1H3,(H,22,23,25). The molecule has 0 bridgehead atoms. The summed E-state index contributed by atoms with van der Waals surface area (Å²) >= 11 is 11.8. The Labute approximate surface area is 163 Å². The van der Waals surface area contributed by atoms with Gasteiger partial charge in [0.25, 0.3) is 5.91 Å². The molecule has 1 N–H and O–H groups in total. The van der Waals surface area contributed by atoms with Crippen molar-refractivity contribution < 1.29 is 9.53 Å². The van der Waals surface area contributed by atoms with Crippen LogP contribution in [0, 0.1) is 5.92 Å². The first-order chi connectivity index (χ1) is 12.5. The van der Waals surface area contributed by atoms with Gasteiger partial charge in [0.15, 0.2) is 6.61 Å². The molecule has 1 unspecified atom stereocenters. The first-order valence-corrected chi connectivity index (χ1v) is 9.35. The molecule has 0 radical (unpaired) electrons. The van der Waals surface area contributed by atoms with Crippen molar-refractivity contribution in [2.75, 3.05) is 29.9 Å². The number of hydrogen-bond acceptors (Lipinski definition) is 4. The van der Waals surface area contributed by atoms with Gasteiger partial charge < -0.3 is 15.0 Å². The Bertz CT molecular complexity index is 768. The number of nitrogens with one attached hydrogen (secondary N) is 1. The molecule has 7 heteroatoms. The van der Waals surface area contributed by atoms with Gasteiger partial charge in [-0.1, -0.05) is 30.1 Å². The lowest BCUT2D eigenvalue weighted by Crippen LogP contribution is -2.34. The molecule has 138 valence electrons. The SMILES string of the molecule is CC1CCCN(c2ccc(NC(=O)COc3ccc(Cl)cc3Cl)nc2)C1. The van der Waals surface area contributed by atoms with E-state index in [9.17, 15) is 4.79 Å². The zero-order chi connectivity index (χ0) is 18.5. The summed E-state index contributed by atoms with van der Waals surface area (Å²) in [6.45, 7) is 4.20. The predicted molar refractivity (Wildman–Crippen MR) is 105 cm³/mol. The number of hydrogen-bond donors (Lipinski definition) is 1. The number of piperidine rings is 1. The Balaban J connectivity index is 1.52. The Hall–Kier alpha value is -1.98. The van der Waals surface area contributed by atoms with E-state index in [-0.39, 0.29) is 12.5 Å². The second kappa shape index (κ2) is 8.60. The van der Waals surface area contributed by atoms with E-state index in [1.165, 1.54) is 12.8 Å². The van der Waals surface area contributed by atoms with E-state index in [1.54, 1.807) is 24.4 Å². The van der Waals surface area contributed by atoms with Crippen LogP contribution < -0.4 is 15.0 Å². The molecule has 1 aliphatic heterocycles. The van der Waals surface area contributed by atoms with Crippen molar-refractivity contribution in [2.45, 2.75) is 19.8 Å². The van der Waals surface area contributed by atoms with Gasteiger partial charge in [-0.25, -0.2) is 4.98 Å². The predicted octanol–water partition coefficient (Wildman–Crippen LogP) is 4.64. The van der Waals surface area contributed by atoms with Crippen molar-refractivity contribution >= 4 is 40.6 Å². The van der Waals surface area contributed by atoms with E-state index in [1.807, 2.05) is 12.1 Å². The monoisotopic (exact) mass is 393 g/mol. The molecule has 0 spiro atoms. The first-order valence-electron chi connectivity index (χ1n) is 8.60. The molecule has 0 saturated carbocycles. The number of halogens is 2. The topological polar surface area (TPSA) is 54.5 Å². The third kappa shape index (κ3) is 5.02. The molecule has 1 fully saturated rings. The van der Waals surface area contributed by atoms with Crippen LogP contribution in [0.3, 0.4) is 0 Å². The number of carbonyl (C=O) groups is 1. The highest BCUT2D eigenvalue weighted by Crippen LogP contribution is 2.27. The summed E-state index contributed by atoms with van der Waals surface area (Å²) < 4.78 is 5.42. The third-order valence-corrected chi connectivity index (χ3v) is 4.82. The third-order valence-electron chi connectivity index (χ3n) is 4.29. The first kappa shape index (κ1) is 18.8. The average Bonchev–Trinajstić information content (AvgIpc) is 2.61. The molecule has 2 aromatic rings. The van der Waals surface area contributed by atoms with Crippen LogP contribution in [0.25, 0.3) is 0 Å². The summed E-state index contributed by atoms with van der Waals surface area (Å²) in [5.41, 5.74) is 1.08. The van der Waals surface area contributed by atoms with Crippen LogP contribution >= 0.6 is 23.2 Å². The fraction of sp³-hybridized carbons (Fsp3) is 0.368. The van der Waals surface area contributed by atoms with Crippen LogP contribution in [0.15, 0.2) is 36.5 Å². The molecule has 5 nitrogen and oxygen atoms in total. The van der Waals surface area contributed by atoms with Gasteiger partial charge in [-0.2, -0.15) is 0 Å². The Morgan fingerprint density at radius 1 is 1.35 bits per heavy atom. The zero-order valence-electron chi connectivity index (χ0n) is 14.5. The number of benzene rings is 1. The van der Waals surface area contributed by atoms with Crippen LogP contribution in [0.5, 0.6) is 5.75 Å². The number of aromatic nitrogens is 1. The molecule has 1 amide bonds. The van der Waals surface area contributed by atoms with E-state index in [2.05, 4.69) is 22.1 Å². The lowest BCUT2D eigenvalue weighted by Gasteiger charge is -2.32. The molecule has 0 aliphatic carbocycles. The molecule has 1 atom stereocenters. The van der Waals surface area contributed by atoms with E-state index in [0.717, 1.165) is 18.8 Å². The number of ether oxygens (including phenoxy) is 1. The Morgan fingerprint density at radius 3 is 2.88 bits per heavy atom. The highest BCUT2D eigenvalue weighted by Gasteiger charge is 2.17.